The third-order valence-electron chi connectivity index (χ3n) is 13.4. The normalized spacial score (nSPS) is 14.1. The van der Waals surface area contributed by atoms with Crippen molar-refractivity contribution in [3.63, 3.8) is 0 Å². The van der Waals surface area contributed by atoms with Crippen LogP contribution in [0.4, 0.5) is 34.1 Å². The minimum atomic E-state index is -0.217. The molecule has 12 rings (SSSR count). The van der Waals surface area contributed by atoms with E-state index in [0.29, 0.717) is 0 Å². The van der Waals surface area contributed by atoms with Crippen LogP contribution in [0.1, 0.15) is 49.9 Å². The first kappa shape index (κ1) is 37.1. The minimum absolute atomic E-state index is 0.189. The molecule has 0 saturated heterocycles. The summed E-state index contributed by atoms with van der Waals surface area (Å²) in [5, 5.41) is 2.60. The molecule has 0 spiro atoms. The zero-order valence-electron chi connectivity index (χ0n) is 35.2. The summed E-state index contributed by atoms with van der Waals surface area (Å²) in [5.41, 5.74) is 17.4. The SMILES string of the molecule is CC1(C)c2cc(N(c3ccccc3)c3ccccc3)ccc2-c2sc3c(c21)C(C)(C)c1cc(N(c2ccc4sc5ccccc5c4c2)c2ccccc2-c2ccccc2)ccc1-3. The van der Waals surface area contributed by atoms with Gasteiger partial charge in [0.2, 0.25) is 0 Å². The lowest BCUT2D eigenvalue weighted by Gasteiger charge is -2.31. The quantitative estimate of drug-likeness (QED) is 0.158. The monoisotopic (exact) mass is 832 g/mol. The fourth-order valence-corrected chi connectivity index (χ4v) is 13.2. The van der Waals surface area contributed by atoms with Crippen LogP contribution in [0.3, 0.4) is 0 Å². The second-order valence-electron chi connectivity index (χ2n) is 17.7. The molecule has 0 atom stereocenters. The van der Waals surface area contributed by atoms with E-state index in [4.69, 9.17) is 0 Å². The fraction of sp³-hybridized carbons (Fsp3) is 0.103. The highest BCUT2D eigenvalue weighted by Gasteiger charge is 2.48. The Morgan fingerprint density at radius 1 is 0.355 bits per heavy atom. The molecule has 0 N–H and O–H groups in total. The molecule has 2 nitrogen and oxygen atoms in total. The molecule has 2 aliphatic carbocycles. The lowest BCUT2D eigenvalue weighted by molar-refractivity contribution is 0.603. The van der Waals surface area contributed by atoms with Gasteiger partial charge in [-0.1, -0.05) is 143 Å². The molecule has 2 aliphatic rings. The number of para-hydroxylation sites is 3. The molecule has 8 aromatic carbocycles. The van der Waals surface area contributed by atoms with Crippen molar-refractivity contribution in [2.24, 2.45) is 0 Å². The molecule has 2 aromatic heterocycles. The van der Waals surface area contributed by atoms with Gasteiger partial charge in [-0.3, -0.25) is 0 Å². The van der Waals surface area contributed by atoms with Crippen molar-refractivity contribution in [2.75, 3.05) is 9.80 Å². The maximum absolute atomic E-state index is 2.50. The number of hydrogen-bond donors (Lipinski definition) is 0. The van der Waals surface area contributed by atoms with E-state index in [-0.39, 0.29) is 10.8 Å². The molecular formula is C58H44N2S2. The Labute approximate surface area is 371 Å². The van der Waals surface area contributed by atoms with Crippen LogP contribution in [0.5, 0.6) is 0 Å². The van der Waals surface area contributed by atoms with Crippen molar-refractivity contribution in [2.45, 2.75) is 38.5 Å². The van der Waals surface area contributed by atoms with Gasteiger partial charge in [-0.15, -0.1) is 22.7 Å². The van der Waals surface area contributed by atoms with Gasteiger partial charge in [-0.05, 0) is 118 Å². The van der Waals surface area contributed by atoms with Gasteiger partial charge in [0.15, 0.2) is 0 Å². The van der Waals surface area contributed by atoms with Crippen molar-refractivity contribution >= 4 is 77.0 Å². The molecule has 2 heterocycles. The maximum Gasteiger partial charge on any atom is 0.0540 e. The number of hydrogen-bond acceptors (Lipinski definition) is 4. The molecule has 0 unspecified atom stereocenters. The number of rotatable bonds is 7. The summed E-state index contributed by atoms with van der Waals surface area (Å²) >= 11 is 3.86. The van der Waals surface area contributed by atoms with E-state index < -0.39 is 0 Å². The maximum atomic E-state index is 2.50. The minimum Gasteiger partial charge on any atom is -0.310 e. The van der Waals surface area contributed by atoms with Crippen LogP contribution in [0.25, 0.3) is 52.2 Å². The van der Waals surface area contributed by atoms with E-state index in [9.17, 15) is 0 Å². The van der Waals surface area contributed by atoms with Crippen LogP contribution in [-0.4, -0.2) is 0 Å². The Morgan fingerprint density at radius 2 is 0.839 bits per heavy atom. The van der Waals surface area contributed by atoms with Crippen LogP contribution in [0.15, 0.2) is 194 Å². The first-order valence-electron chi connectivity index (χ1n) is 21.5. The summed E-state index contributed by atoms with van der Waals surface area (Å²) in [5.74, 6) is 0. The number of fused-ring (bicyclic) bond motifs is 10. The van der Waals surface area contributed by atoms with Crippen molar-refractivity contribution in [3.8, 4) is 32.0 Å². The molecule has 62 heavy (non-hydrogen) atoms. The summed E-state index contributed by atoms with van der Waals surface area (Å²) < 4.78 is 2.63. The number of thiophene rings is 2. The highest BCUT2D eigenvalue weighted by atomic mass is 32.1. The molecule has 0 amide bonds. The summed E-state index contributed by atoms with van der Waals surface area (Å²) in [4.78, 5) is 7.72. The van der Waals surface area contributed by atoms with E-state index in [1.807, 2.05) is 22.7 Å². The van der Waals surface area contributed by atoms with Gasteiger partial charge in [-0.25, -0.2) is 0 Å². The second-order valence-corrected chi connectivity index (χ2v) is 19.8. The Bertz CT molecular complexity index is 3320. The molecular weight excluding hydrogens is 789 g/mol. The topological polar surface area (TPSA) is 6.48 Å². The summed E-state index contributed by atoms with van der Waals surface area (Å²) in [6, 6.07) is 71.4. The second kappa shape index (κ2) is 13.9. The lowest BCUT2D eigenvalue weighted by atomic mass is 9.74. The largest absolute Gasteiger partial charge is 0.310 e. The molecule has 0 radical (unpaired) electrons. The van der Waals surface area contributed by atoms with Gasteiger partial charge < -0.3 is 9.80 Å². The first-order valence-corrected chi connectivity index (χ1v) is 23.1. The molecule has 4 heteroatoms. The molecule has 0 aliphatic heterocycles. The van der Waals surface area contributed by atoms with Crippen molar-refractivity contribution in [1.29, 1.82) is 0 Å². The van der Waals surface area contributed by atoms with Crippen molar-refractivity contribution < 1.29 is 0 Å². The summed E-state index contributed by atoms with van der Waals surface area (Å²) in [6.07, 6.45) is 0. The number of benzene rings is 8. The Kier molecular flexibility index (Phi) is 8.31. The van der Waals surface area contributed by atoms with Crippen molar-refractivity contribution in [1.82, 2.24) is 0 Å². The van der Waals surface area contributed by atoms with Crippen LogP contribution in [0, 0.1) is 0 Å². The summed E-state index contributed by atoms with van der Waals surface area (Å²) in [6.45, 7) is 9.80. The van der Waals surface area contributed by atoms with E-state index >= 15 is 0 Å². The standard InChI is InChI=1S/C58H44N2S2/c1-57(2)48-35-41(59(38-20-10-6-11-21-38)39-22-12-7-13-23-39)28-31-45(48)55-53(57)54-56(62-55)46-32-29-42(36-49(46)58(54,3)4)60(50-26-16-14-24-43(50)37-18-8-5-9-19-37)40-30-33-52-47(34-40)44-25-15-17-27-51(44)61-52/h5-36H,1-4H3. The van der Waals surface area contributed by atoms with Crippen LogP contribution in [-0.2, 0) is 10.8 Å². The van der Waals surface area contributed by atoms with Crippen LogP contribution in [0.2, 0.25) is 0 Å². The van der Waals surface area contributed by atoms with E-state index in [1.165, 1.54) is 85.8 Å². The molecule has 0 bridgehead atoms. The Hall–Kier alpha value is -6.72. The molecule has 10 aromatic rings. The van der Waals surface area contributed by atoms with Gasteiger partial charge in [0.1, 0.15) is 0 Å². The van der Waals surface area contributed by atoms with Gasteiger partial charge in [-0.2, -0.15) is 0 Å². The molecule has 0 fully saturated rings. The third kappa shape index (κ3) is 5.53. The summed E-state index contributed by atoms with van der Waals surface area (Å²) in [7, 11) is 0. The zero-order valence-corrected chi connectivity index (χ0v) is 36.8. The number of nitrogens with zero attached hydrogens (tertiary/aromatic N) is 2. The van der Waals surface area contributed by atoms with Gasteiger partial charge in [0, 0.05) is 74.8 Å². The molecule has 0 saturated carbocycles. The van der Waals surface area contributed by atoms with E-state index in [2.05, 4.69) is 232 Å². The van der Waals surface area contributed by atoms with E-state index in [1.54, 1.807) is 0 Å². The fourth-order valence-electron chi connectivity index (χ4n) is 10.5. The number of anilines is 6. The van der Waals surface area contributed by atoms with Crippen molar-refractivity contribution in [3.05, 3.63) is 216 Å². The highest BCUT2D eigenvalue weighted by Crippen LogP contribution is 2.64. The smallest absolute Gasteiger partial charge is 0.0540 e. The Morgan fingerprint density at radius 3 is 1.47 bits per heavy atom. The highest BCUT2D eigenvalue weighted by molar-refractivity contribution is 7.25. The average Bonchev–Trinajstić information content (AvgIpc) is 4.01. The first-order chi connectivity index (χ1) is 30.3. The lowest BCUT2D eigenvalue weighted by Crippen LogP contribution is -2.23. The predicted octanol–water partition coefficient (Wildman–Crippen LogP) is 17.3. The molecule has 298 valence electrons. The van der Waals surface area contributed by atoms with Crippen LogP contribution < -0.4 is 9.80 Å². The van der Waals surface area contributed by atoms with E-state index in [0.717, 1.165) is 22.7 Å². The van der Waals surface area contributed by atoms with Crippen LogP contribution >= 0.6 is 22.7 Å². The average molecular weight is 833 g/mol. The predicted molar refractivity (Wildman–Crippen MR) is 267 cm³/mol. The zero-order chi connectivity index (χ0) is 41.7. The van der Waals surface area contributed by atoms with Gasteiger partial charge in [0.05, 0.1) is 5.69 Å². The van der Waals surface area contributed by atoms with Gasteiger partial charge >= 0.3 is 0 Å². The Balaban J connectivity index is 0.992. The third-order valence-corrected chi connectivity index (χ3v) is 15.8. The van der Waals surface area contributed by atoms with Gasteiger partial charge in [0.25, 0.3) is 0 Å².